The summed E-state index contributed by atoms with van der Waals surface area (Å²) < 4.78 is 2.72. The van der Waals surface area contributed by atoms with E-state index < -0.39 is 0 Å². The van der Waals surface area contributed by atoms with Gasteiger partial charge in [0.25, 0.3) is 5.91 Å². The van der Waals surface area contributed by atoms with E-state index in [4.69, 9.17) is 12.2 Å². The summed E-state index contributed by atoms with van der Waals surface area (Å²) in [6, 6.07) is 10.4. The lowest BCUT2D eigenvalue weighted by atomic mass is 10.1. The van der Waals surface area contributed by atoms with Crippen LogP contribution in [-0.2, 0) is 4.79 Å². The van der Waals surface area contributed by atoms with Crippen molar-refractivity contribution in [3.63, 3.8) is 0 Å². The number of carbonyl (C=O) groups excluding carboxylic acids is 1. The Labute approximate surface area is 146 Å². The van der Waals surface area contributed by atoms with Crippen molar-refractivity contribution in [1.82, 2.24) is 9.47 Å². The second-order valence-corrected chi connectivity index (χ2v) is 7.17. The van der Waals surface area contributed by atoms with Gasteiger partial charge in [0.05, 0.1) is 4.91 Å². The molecule has 2 aromatic rings. The highest BCUT2D eigenvalue weighted by Crippen LogP contribution is 2.32. The molecule has 0 radical (unpaired) electrons. The lowest BCUT2D eigenvalue weighted by Crippen LogP contribution is -2.27. The molecule has 5 heteroatoms. The molecule has 1 aromatic heterocycles. The zero-order valence-electron chi connectivity index (χ0n) is 13.4. The Balaban J connectivity index is 1.99. The van der Waals surface area contributed by atoms with Gasteiger partial charge in [-0.15, -0.1) is 0 Å². The fraction of sp³-hybridized carbons (Fsp3) is 0.222. The number of amides is 1. The molecule has 1 amide bonds. The highest BCUT2D eigenvalue weighted by molar-refractivity contribution is 8.26. The predicted octanol–water partition coefficient (Wildman–Crippen LogP) is 4.32. The predicted molar refractivity (Wildman–Crippen MR) is 101 cm³/mol. The van der Waals surface area contributed by atoms with E-state index in [-0.39, 0.29) is 5.91 Å². The normalized spacial score (nSPS) is 16.7. The quantitative estimate of drug-likeness (QED) is 0.614. The first-order chi connectivity index (χ1) is 11.0. The number of nitrogens with zero attached hydrogens (tertiary/aromatic N) is 2. The van der Waals surface area contributed by atoms with Crippen molar-refractivity contribution in [2.75, 3.05) is 6.54 Å². The number of aromatic nitrogens is 1. The van der Waals surface area contributed by atoms with E-state index in [1.807, 2.05) is 31.3 Å². The van der Waals surface area contributed by atoms with Crippen LogP contribution in [-0.4, -0.2) is 26.2 Å². The Kier molecular flexibility index (Phi) is 4.41. The number of carbonyl (C=O) groups is 1. The molecule has 0 N–H and O–H groups in total. The van der Waals surface area contributed by atoms with E-state index in [1.165, 1.54) is 22.9 Å². The molecule has 0 unspecified atom stereocenters. The largest absolute Gasteiger partial charge is 0.317 e. The van der Waals surface area contributed by atoms with E-state index in [2.05, 4.69) is 36.6 Å². The average molecular weight is 342 g/mol. The minimum atomic E-state index is -0.00432. The Morgan fingerprint density at radius 2 is 2.00 bits per heavy atom. The Hall–Kier alpha value is -1.85. The van der Waals surface area contributed by atoms with Crippen LogP contribution in [0.15, 0.2) is 41.4 Å². The first-order valence-electron chi connectivity index (χ1n) is 7.51. The molecule has 1 saturated heterocycles. The van der Waals surface area contributed by atoms with Crippen LogP contribution in [0, 0.1) is 13.8 Å². The number of rotatable bonds is 3. The maximum absolute atomic E-state index is 12.4. The van der Waals surface area contributed by atoms with Crippen molar-refractivity contribution in [1.29, 1.82) is 0 Å². The van der Waals surface area contributed by atoms with Gasteiger partial charge in [-0.1, -0.05) is 30.0 Å². The van der Waals surface area contributed by atoms with Crippen molar-refractivity contribution in [3.8, 4) is 5.69 Å². The van der Waals surface area contributed by atoms with E-state index >= 15 is 0 Å². The third-order valence-electron chi connectivity index (χ3n) is 4.02. The minimum absolute atomic E-state index is 0.00432. The summed E-state index contributed by atoms with van der Waals surface area (Å²) in [6.07, 6.45) is 3.93. The summed E-state index contributed by atoms with van der Waals surface area (Å²) in [5, 5.41) is 0. The van der Waals surface area contributed by atoms with Crippen LogP contribution in [0.3, 0.4) is 0 Å². The fourth-order valence-corrected chi connectivity index (χ4v) is 3.90. The molecule has 0 bridgehead atoms. The Morgan fingerprint density at radius 3 is 2.65 bits per heavy atom. The minimum Gasteiger partial charge on any atom is -0.317 e. The zero-order chi connectivity index (χ0) is 16.6. The number of thiocarbonyl (C=S) groups is 1. The third-order valence-corrected chi connectivity index (χ3v) is 5.40. The van der Waals surface area contributed by atoms with Crippen LogP contribution in [0.2, 0.25) is 0 Å². The molecule has 1 aliphatic heterocycles. The monoisotopic (exact) mass is 342 g/mol. The number of hydrogen-bond acceptors (Lipinski definition) is 3. The SMILES string of the molecule is CCN1C(=O)C(=Cc2cccn2-c2ccc(C)c(C)c2)SC1=S. The summed E-state index contributed by atoms with van der Waals surface area (Å²) in [5.74, 6) is -0.00432. The van der Waals surface area contributed by atoms with Crippen LogP contribution in [0.5, 0.6) is 0 Å². The van der Waals surface area contributed by atoms with Gasteiger partial charge in [0.1, 0.15) is 4.32 Å². The molecule has 0 saturated carbocycles. The lowest BCUT2D eigenvalue weighted by Gasteiger charge is -2.10. The van der Waals surface area contributed by atoms with Crippen molar-refractivity contribution in [2.45, 2.75) is 20.8 Å². The van der Waals surface area contributed by atoms with Crippen LogP contribution < -0.4 is 0 Å². The van der Waals surface area contributed by atoms with Crippen molar-refractivity contribution < 1.29 is 4.79 Å². The molecule has 0 atom stereocenters. The van der Waals surface area contributed by atoms with Gasteiger partial charge in [-0.3, -0.25) is 9.69 Å². The van der Waals surface area contributed by atoms with Crippen molar-refractivity contribution >= 4 is 40.3 Å². The van der Waals surface area contributed by atoms with Gasteiger partial charge < -0.3 is 4.57 Å². The molecule has 23 heavy (non-hydrogen) atoms. The van der Waals surface area contributed by atoms with Gasteiger partial charge in [-0.05, 0) is 62.2 Å². The fourth-order valence-electron chi connectivity index (χ4n) is 2.53. The highest BCUT2D eigenvalue weighted by Gasteiger charge is 2.30. The highest BCUT2D eigenvalue weighted by atomic mass is 32.2. The first kappa shape index (κ1) is 16.0. The second kappa shape index (κ2) is 6.34. The molecule has 118 valence electrons. The Bertz CT molecular complexity index is 820. The summed E-state index contributed by atoms with van der Waals surface area (Å²) in [4.78, 5) is 14.7. The van der Waals surface area contributed by atoms with Crippen molar-refractivity contribution in [3.05, 3.63) is 58.3 Å². The molecule has 0 aliphatic carbocycles. The van der Waals surface area contributed by atoms with Gasteiger partial charge in [0.15, 0.2) is 0 Å². The summed E-state index contributed by atoms with van der Waals surface area (Å²) in [6.45, 7) is 6.76. The van der Waals surface area contributed by atoms with Gasteiger partial charge in [-0.2, -0.15) is 0 Å². The summed E-state index contributed by atoms with van der Waals surface area (Å²) in [5.41, 5.74) is 4.59. The van der Waals surface area contributed by atoms with E-state index in [0.717, 1.165) is 11.4 Å². The third kappa shape index (κ3) is 2.99. The van der Waals surface area contributed by atoms with E-state index in [0.29, 0.717) is 15.8 Å². The van der Waals surface area contributed by atoms with Gasteiger partial charge in [-0.25, -0.2) is 0 Å². The van der Waals surface area contributed by atoms with Gasteiger partial charge >= 0.3 is 0 Å². The van der Waals surface area contributed by atoms with E-state index in [1.54, 1.807) is 4.90 Å². The molecule has 3 rings (SSSR count). The molecular formula is C18H18N2OS2. The molecule has 1 aliphatic rings. The first-order valence-corrected chi connectivity index (χ1v) is 8.74. The van der Waals surface area contributed by atoms with Crippen LogP contribution >= 0.6 is 24.0 Å². The van der Waals surface area contributed by atoms with E-state index in [9.17, 15) is 4.79 Å². The van der Waals surface area contributed by atoms with Crippen LogP contribution in [0.1, 0.15) is 23.7 Å². The molecule has 1 fully saturated rings. The molecular weight excluding hydrogens is 324 g/mol. The number of hydrogen-bond donors (Lipinski definition) is 0. The molecule has 2 heterocycles. The smallest absolute Gasteiger partial charge is 0.266 e. The maximum atomic E-state index is 12.4. The van der Waals surface area contributed by atoms with Crippen LogP contribution in [0.4, 0.5) is 0 Å². The number of benzene rings is 1. The zero-order valence-corrected chi connectivity index (χ0v) is 15.0. The van der Waals surface area contributed by atoms with Crippen molar-refractivity contribution in [2.24, 2.45) is 0 Å². The van der Waals surface area contributed by atoms with Crippen LogP contribution in [0.25, 0.3) is 11.8 Å². The summed E-state index contributed by atoms with van der Waals surface area (Å²) >= 11 is 6.64. The summed E-state index contributed by atoms with van der Waals surface area (Å²) in [7, 11) is 0. The molecule has 0 spiro atoms. The maximum Gasteiger partial charge on any atom is 0.266 e. The van der Waals surface area contributed by atoms with Gasteiger partial charge in [0, 0.05) is 24.1 Å². The number of aryl methyl sites for hydroxylation is 2. The number of likely N-dealkylation sites (N-methyl/N-ethyl adjacent to an activating group) is 1. The topological polar surface area (TPSA) is 25.2 Å². The number of thioether (sulfide) groups is 1. The second-order valence-electron chi connectivity index (χ2n) is 5.50. The Morgan fingerprint density at radius 1 is 1.22 bits per heavy atom. The molecule has 1 aromatic carbocycles. The lowest BCUT2D eigenvalue weighted by molar-refractivity contribution is -0.121. The molecule has 3 nitrogen and oxygen atoms in total. The van der Waals surface area contributed by atoms with Gasteiger partial charge in [0.2, 0.25) is 0 Å². The average Bonchev–Trinajstić information content (AvgIpc) is 3.08. The standard InChI is InChI=1S/C18H18N2OS2/c1-4-19-17(21)16(23-18(19)22)11-14-6-5-9-20(14)15-8-7-12(2)13(3)10-15/h5-11H,4H2,1-3H3.